The Hall–Kier alpha value is -3.60. The second-order valence-corrected chi connectivity index (χ2v) is 5.29. The van der Waals surface area contributed by atoms with E-state index in [9.17, 15) is 14.4 Å². The van der Waals surface area contributed by atoms with Crippen molar-refractivity contribution in [3.05, 3.63) is 48.2 Å². The monoisotopic (exact) mass is 340 g/mol. The summed E-state index contributed by atoms with van der Waals surface area (Å²) in [7, 11) is 1.30. The highest BCUT2D eigenvalue weighted by Gasteiger charge is 2.25. The summed E-state index contributed by atoms with van der Waals surface area (Å²) >= 11 is 0. The van der Waals surface area contributed by atoms with E-state index in [4.69, 9.17) is 10.4 Å². The van der Waals surface area contributed by atoms with Gasteiger partial charge in [0.1, 0.15) is 6.04 Å². The molecule has 1 heterocycles. The van der Waals surface area contributed by atoms with Gasteiger partial charge in [-0.15, -0.1) is 0 Å². The summed E-state index contributed by atoms with van der Waals surface area (Å²) < 4.78 is 0. The first kappa shape index (κ1) is 17.7. The number of fused-ring (bicyclic) bond motifs is 1. The first-order valence-corrected chi connectivity index (χ1v) is 7.36. The van der Waals surface area contributed by atoms with Crippen LogP contribution in [0.25, 0.3) is 10.9 Å². The lowest BCUT2D eigenvalue weighted by Crippen LogP contribution is -2.47. The van der Waals surface area contributed by atoms with Crippen LogP contribution in [0.5, 0.6) is 0 Å². The fourth-order valence-corrected chi connectivity index (χ4v) is 2.37. The summed E-state index contributed by atoms with van der Waals surface area (Å²) in [5, 5.41) is 20.8. The second-order valence-electron chi connectivity index (χ2n) is 5.29. The average molecular weight is 340 g/mol. The molecule has 1 atom stereocenters. The fraction of sp³-hybridized carbons (Fsp3) is 0.176. The van der Waals surface area contributed by atoms with Gasteiger partial charge in [-0.1, -0.05) is 18.2 Å². The van der Waals surface area contributed by atoms with E-state index >= 15 is 0 Å². The third kappa shape index (κ3) is 4.45. The van der Waals surface area contributed by atoms with Crippen molar-refractivity contribution in [2.24, 2.45) is 0 Å². The Balaban J connectivity index is 2.25. The number of nitrogens with one attached hydrogen (secondary N) is 2. The van der Waals surface area contributed by atoms with E-state index in [1.165, 1.54) is 7.05 Å². The topological polar surface area (TPSA) is 126 Å². The molecule has 1 aromatic carbocycles. The van der Waals surface area contributed by atoms with Crippen molar-refractivity contribution in [3.8, 4) is 6.19 Å². The molecule has 0 saturated heterocycles. The van der Waals surface area contributed by atoms with Gasteiger partial charge in [0.15, 0.2) is 6.19 Å². The van der Waals surface area contributed by atoms with Gasteiger partial charge < -0.3 is 15.4 Å². The SMILES string of the molecule is CN(C#N)C(=O)C(Cc1c[nH]c2ccccc12)NC(=O)C=CC(=O)O. The van der Waals surface area contributed by atoms with Gasteiger partial charge in [-0.05, 0) is 11.6 Å². The maximum absolute atomic E-state index is 12.3. The molecule has 0 aliphatic rings. The van der Waals surface area contributed by atoms with Crippen LogP contribution in [0.4, 0.5) is 0 Å². The second kappa shape index (κ2) is 7.79. The number of hydrogen-bond acceptors (Lipinski definition) is 4. The van der Waals surface area contributed by atoms with Gasteiger partial charge in [-0.2, -0.15) is 5.26 Å². The molecule has 0 aliphatic carbocycles. The molecule has 128 valence electrons. The van der Waals surface area contributed by atoms with Crippen LogP contribution in [0.15, 0.2) is 42.6 Å². The number of H-pyrrole nitrogens is 1. The van der Waals surface area contributed by atoms with Crippen LogP contribution in [0.3, 0.4) is 0 Å². The van der Waals surface area contributed by atoms with Crippen LogP contribution < -0.4 is 5.32 Å². The Labute approximate surface area is 143 Å². The van der Waals surface area contributed by atoms with Gasteiger partial charge in [0.2, 0.25) is 5.91 Å². The number of amides is 2. The molecule has 1 aromatic heterocycles. The average Bonchev–Trinajstić information content (AvgIpc) is 3.01. The summed E-state index contributed by atoms with van der Waals surface area (Å²) in [6.07, 6.45) is 5.09. The number of benzene rings is 1. The zero-order valence-electron chi connectivity index (χ0n) is 13.4. The standard InChI is InChI=1S/C17H16N4O4/c1-21(10-18)17(25)14(20-15(22)6-7-16(23)24)8-11-9-19-13-5-3-2-4-12(11)13/h2-7,9,14,19H,8H2,1H3,(H,20,22)(H,23,24). The molecule has 8 nitrogen and oxygen atoms in total. The molecule has 25 heavy (non-hydrogen) atoms. The number of carboxylic acid groups (broad SMARTS) is 1. The quantitative estimate of drug-likeness (QED) is 0.407. The van der Waals surface area contributed by atoms with Crippen LogP contribution in [-0.4, -0.2) is 45.9 Å². The Kier molecular flexibility index (Phi) is 5.53. The molecule has 2 rings (SSSR count). The van der Waals surface area contributed by atoms with Crippen LogP contribution >= 0.6 is 0 Å². The van der Waals surface area contributed by atoms with E-state index in [1.807, 2.05) is 24.3 Å². The molecule has 3 N–H and O–H groups in total. The number of aromatic nitrogens is 1. The van der Waals surface area contributed by atoms with Gasteiger partial charge in [0.25, 0.3) is 5.91 Å². The number of hydrogen-bond donors (Lipinski definition) is 3. The molecule has 0 aliphatic heterocycles. The molecule has 0 radical (unpaired) electrons. The van der Waals surface area contributed by atoms with Gasteiger partial charge >= 0.3 is 5.97 Å². The highest BCUT2D eigenvalue weighted by atomic mass is 16.4. The summed E-state index contributed by atoms with van der Waals surface area (Å²) in [5.41, 5.74) is 1.68. The van der Waals surface area contributed by atoms with Crippen LogP contribution in [-0.2, 0) is 20.8 Å². The minimum absolute atomic E-state index is 0.154. The number of nitrogens with zero attached hydrogens (tertiary/aromatic N) is 2. The van der Waals surface area contributed by atoms with Crippen molar-refractivity contribution < 1.29 is 19.5 Å². The Morgan fingerprint density at radius 1 is 1.36 bits per heavy atom. The van der Waals surface area contributed by atoms with Crippen molar-refractivity contribution in [1.29, 1.82) is 5.26 Å². The van der Waals surface area contributed by atoms with Crippen LogP contribution in [0.1, 0.15) is 5.56 Å². The number of likely N-dealkylation sites (N-methyl/N-ethyl adjacent to an activating group) is 1. The Morgan fingerprint density at radius 2 is 2.08 bits per heavy atom. The smallest absolute Gasteiger partial charge is 0.328 e. The molecule has 2 amide bonds. The van der Waals surface area contributed by atoms with Crippen molar-refractivity contribution >= 4 is 28.7 Å². The highest BCUT2D eigenvalue weighted by molar-refractivity contribution is 5.97. The number of rotatable bonds is 6. The lowest BCUT2D eigenvalue weighted by molar-refractivity contribution is -0.132. The number of aromatic amines is 1. The summed E-state index contributed by atoms with van der Waals surface area (Å²) in [6, 6.07) is 6.47. The molecule has 8 heteroatoms. The normalized spacial score (nSPS) is 11.8. The lowest BCUT2D eigenvalue weighted by Gasteiger charge is -2.19. The van der Waals surface area contributed by atoms with Crippen molar-refractivity contribution in [1.82, 2.24) is 15.2 Å². The number of carbonyl (C=O) groups is 3. The molecular weight excluding hydrogens is 324 g/mol. The summed E-state index contributed by atoms with van der Waals surface area (Å²) in [6.45, 7) is 0. The number of carbonyl (C=O) groups excluding carboxylic acids is 2. The zero-order valence-corrected chi connectivity index (χ0v) is 13.4. The molecule has 0 fully saturated rings. The predicted molar refractivity (Wildman–Crippen MR) is 89.1 cm³/mol. The minimum atomic E-state index is -1.27. The third-order valence-electron chi connectivity index (χ3n) is 3.57. The van der Waals surface area contributed by atoms with Crippen molar-refractivity contribution in [2.45, 2.75) is 12.5 Å². The molecule has 1 unspecified atom stereocenters. The Morgan fingerprint density at radius 3 is 2.76 bits per heavy atom. The number of para-hydroxylation sites is 1. The third-order valence-corrected chi connectivity index (χ3v) is 3.57. The van der Waals surface area contributed by atoms with E-state index in [2.05, 4.69) is 10.3 Å². The summed E-state index contributed by atoms with van der Waals surface area (Å²) in [5.74, 6) is -2.60. The maximum atomic E-state index is 12.3. The van der Waals surface area contributed by atoms with Crippen molar-refractivity contribution in [3.63, 3.8) is 0 Å². The van der Waals surface area contributed by atoms with E-state index in [-0.39, 0.29) is 6.42 Å². The predicted octanol–water partition coefficient (Wildman–Crippen LogP) is 0.775. The molecule has 0 saturated carbocycles. The first-order chi connectivity index (χ1) is 11.9. The molecular formula is C17H16N4O4. The highest BCUT2D eigenvalue weighted by Crippen LogP contribution is 2.19. The van der Waals surface area contributed by atoms with Gasteiger partial charge in [-0.25, -0.2) is 4.79 Å². The van der Waals surface area contributed by atoms with Gasteiger partial charge in [0.05, 0.1) is 0 Å². The molecule has 0 bridgehead atoms. The number of nitriles is 1. The minimum Gasteiger partial charge on any atom is -0.478 e. The summed E-state index contributed by atoms with van der Waals surface area (Å²) in [4.78, 5) is 38.6. The van der Waals surface area contributed by atoms with Crippen LogP contribution in [0, 0.1) is 11.5 Å². The molecule has 2 aromatic rings. The van der Waals surface area contributed by atoms with Gasteiger partial charge in [-0.3, -0.25) is 14.5 Å². The first-order valence-electron chi connectivity index (χ1n) is 7.36. The molecule has 0 spiro atoms. The Bertz CT molecular complexity index is 878. The van der Waals surface area contributed by atoms with Gasteiger partial charge in [0, 0.05) is 42.7 Å². The zero-order chi connectivity index (χ0) is 18.4. The van der Waals surface area contributed by atoms with Crippen LogP contribution in [0.2, 0.25) is 0 Å². The van der Waals surface area contributed by atoms with E-state index in [0.29, 0.717) is 6.08 Å². The van der Waals surface area contributed by atoms with Crippen molar-refractivity contribution in [2.75, 3.05) is 7.05 Å². The maximum Gasteiger partial charge on any atom is 0.328 e. The lowest BCUT2D eigenvalue weighted by atomic mass is 10.0. The number of aliphatic carboxylic acids is 1. The fourth-order valence-electron chi connectivity index (χ4n) is 2.37. The van der Waals surface area contributed by atoms with E-state index in [1.54, 1.807) is 12.4 Å². The van der Waals surface area contributed by atoms with E-state index < -0.39 is 23.8 Å². The largest absolute Gasteiger partial charge is 0.478 e. The van der Waals surface area contributed by atoms with E-state index in [0.717, 1.165) is 27.4 Å². The number of carboxylic acids is 1.